The van der Waals surface area contributed by atoms with Crippen molar-refractivity contribution in [1.29, 1.82) is 0 Å². The Morgan fingerprint density at radius 2 is 1.74 bits per heavy atom. The van der Waals surface area contributed by atoms with Gasteiger partial charge in [0.15, 0.2) is 0 Å². The Bertz CT molecular complexity index is 923. The number of benzene rings is 1. The van der Waals surface area contributed by atoms with Crippen molar-refractivity contribution in [1.82, 2.24) is 4.90 Å². The number of morpholine rings is 1. The van der Waals surface area contributed by atoms with Crippen molar-refractivity contribution < 1.29 is 18.3 Å². The summed E-state index contributed by atoms with van der Waals surface area (Å²) < 4.78 is 34.8. The van der Waals surface area contributed by atoms with Crippen molar-refractivity contribution in [3.8, 4) is 0 Å². The average Bonchev–Trinajstić information content (AvgIpc) is 2.61. The number of hydrogen-bond donors (Lipinski definition) is 0. The van der Waals surface area contributed by atoms with Gasteiger partial charge in [-0.25, -0.2) is 0 Å². The van der Waals surface area contributed by atoms with E-state index in [1.54, 1.807) is 23.1 Å². The predicted octanol–water partition coefficient (Wildman–Crippen LogP) is 2.28. The van der Waals surface area contributed by atoms with Gasteiger partial charge in [0.2, 0.25) is 0 Å². The first-order valence-electron chi connectivity index (χ1n) is 8.53. The maximum Gasteiger partial charge on any atom is 0.282 e. The summed E-state index contributed by atoms with van der Waals surface area (Å²) in [5.74, 6) is -0.261. The van der Waals surface area contributed by atoms with E-state index in [0.29, 0.717) is 18.1 Å². The van der Waals surface area contributed by atoms with Crippen LogP contribution in [0.1, 0.15) is 13.8 Å². The van der Waals surface area contributed by atoms with E-state index in [1.807, 2.05) is 13.8 Å². The summed E-state index contributed by atoms with van der Waals surface area (Å²) in [5.41, 5.74) is 0.362. The lowest BCUT2D eigenvalue weighted by Crippen LogP contribution is -2.48. The molecule has 0 saturated carbocycles. The summed E-state index contributed by atoms with van der Waals surface area (Å²) in [6.45, 7) is 4.69. The van der Waals surface area contributed by atoms with Gasteiger partial charge in [-0.3, -0.25) is 0 Å². The second-order valence-corrected chi connectivity index (χ2v) is 8.55. The summed E-state index contributed by atoms with van der Waals surface area (Å²) in [5, 5.41) is 13.4. The standard InChI is InChI=1S/C19H21ClN2O4S/c1-13-11-22(12-14(2)26-13)19(23)17-5-3-4-6-18(17)21-27(24,25)16-9-7-15(20)8-10-16/h3-10,13-14,23H,11-12H2,1-2H3/p-1/t13-,14-/m0/s1. The summed E-state index contributed by atoms with van der Waals surface area (Å²) >= 11 is 5.81. The van der Waals surface area contributed by atoms with Crippen LogP contribution in [0.15, 0.2) is 69.3 Å². The number of sulfonamides is 1. The van der Waals surface area contributed by atoms with Crippen molar-refractivity contribution in [3.63, 3.8) is 0 Å². The van der Waals surface area contributed by atoms with Crippen LogP contribution in [0.5, 0.6) is 0 Å². The van der Waals surface area contributed by atoms with Crippen molar-refractivity contribution in [2.24, 2.45) is 4.40 Å². The third-order valence-corrected chi connectivity index (χ3v) is 5.73. The number of ether oxygens (including phenoxy) is 1. The second kappa shape index (κ2) is 7.88. The quantitative estimate of drug-likeness (QED) is 0.718. The van der Waals surface area contributed by atoms with Crippen LogP contribution in [0.3, 0.4) is 0 Å². The highest BCUT2D eigenvalue weighted by atomic mass is 35.5. The largest absolute Gasteiger partial charge is 0.860 e. The van der Waals surface area contributed by atoms with Crippen LogP contribution in [-0.2, 0) is 14.8 Å². The molecule has 1 aliphatic heterocycles. The van der Waals surface area contributed by atoms with Crippen molar-refractivity contribution in [2.45, 2.75) is 31.0 Å². The molecule has 1 fully saturated rings. The predicted molar refractivity (Wildman–Crippen MR) is 103 cm³/mol. The molecule has 1 aliphatic carbocycles. The average molecular weight is 408 g/mol. The van der Waals surface area contributed by atoms with E-state index in [9.17, 15) is 13.5 Å². The Morgan fingerprint density at radius 3 is 2.37 bits per heavy atom. The molecule has 2 atom stereocenters. The lowest BCUT2D eigenvalue weighted by Gasteiger charge is -2.41. The van der Waals surface area contributed by atoms with E-state index < -0.39 is 10.0 Å². The second-order valence-electron chi connectivity index (χ2n) is 6.50. The minimum Gasteiger partial charge on any atom is -0.860 e. The van der Waals surface area contributed by atoms with E-state index >= 15 is 0 Å². The van der Waals surface area contributed by atoms with Crippen LogP contribution in [0.2, 0.25) is 5.02 Å². The summed E-state index contributed by atoms with van der Waals surface area (Å²) in [6, 6.07) is 5.74. The molecule has 0 bridgehead atoms. The molecule has 1 saturated heterocycles. The van der Waals surface area contributed by atoms with E-state index in [0.717, 1.165) is 0 Å². The van der Waals surface area contributed by atoms with Gasteiger partial charge in [0.1, 0.15) is 0 Å². The van der Waals surface area contributed by atoms with Gasteiger partial charge >= 0.3 is 0 Å². The zero-order valence-corrected chi connectivity index (χ0v) is 16.6. The van der Waals surface area contributed by atoms with Crippen molar-refractivity contribution >= 4 is 27.3 Å². The molecular formula is C19H20ClN2O4S-. The molecule has 144 valence electrons. The Hall–Kier alpha value is -2.09. The Labute approximate surface area is 164 Å². The maximum absolute atomic E-state index is 13.0. The number of nitrogens with zero attached hydrogens (tertiary/aromatic N) is 2. The molecule has 27 heavy (non-hydrogen) atoms. The highest BCUT2D eigenvalue weighted by molar-refractivity contribution is 7.90. The number of allylic oxidation sites excluding steroid dienone is 5. The Kier molecular flexibility index (Phi) is 5.74. The summed E-state index contributed by atoms with van der Waals surface area (Å²) in [7, 11) is -3.97. The molecule has 1 aromatic rings. The maximum atomic E-state index is 13.0. The highest BCUT2D eigenvalue weighted by Gasteiger charge is 2.23. The van der Waals surface area contributed by atoms with E-state index in [-0.39, 0.29) is 34.3 Å². The zero-order valence-electron chi connectivity index (χ0n) is 15.0. The SMILES string of the molecule is C[C@H]1CN(C([O-])=C2C=CC=CC2=NS(=O)(=O)c2ccc(Cl)cc2)C[C@H](C)O1. The molecule has 1 aromatic carbocycles. The topological polar surface area (TPSA) is 82.0 Å². The third kappa shape index (κ3) is 4.61. The Balaban J connectivity index is 1.98. The molecule has 6 nitrogen and oxygen atoms in total. The summed E-state index contributed by atoms with van der Waals surface area (Å²) in [6.07, 6.45) is 6.28. The first kappa shape index (κ1) is 19.7. The highest BCUT2D eigenvalue weighted by Crippen LogP contribution is 2.22. The Morgan fingerprint density at radius 1 is 1.15 bits per heavy atom. The van der Waals surface area contributed by atoms with Gasteiger partial charge in [-0.2, -0.15) is 12.8 Å². The number of rotatable bonds is 3. The van der Waals surface area contributed by atoms with Crippen LogP contribution in [0, 0.1) is 0 Å². The fourth-order valence-electron chi connectivity index (χ4n) is 3.04. The van der Waals surface area contributed by atoms with Gasteiger partial charge in [-0.1, -0.05) is 29.8 Å². The number of hydrogen-bond acceptors (Lipinski definition) is 5. The van der Waals surface area contributed by atoms with Crippen LogP contribution in [0.4, 0.5) is 0 Å². The van der Waals surface area contributed by atoms with Crippen LogP contribution in [-0.4, -0.2) is 44.3 Å². The fraction of sp³-hybridized carbons (Fsp3) is 0.316. The van der Waals surface area contributed by atoms with Crippen molar-refractivity contribution in [2.75, 3.05) is 13.1 Å². The molecule has 0 N–H and O–H groups in total. The molecule has 0 radical (unpaired) electrons. The van der Waals surface area contributed by atoms with Gasteiger partial charge in [0, 0.05) is 23.7 Å². The number of halogens is 1. The monoisotopic (exact) mass is 407 g/mol. The lowest BCUT2D eigenvalue weighted by molar-refractivity contribution is -0.339. The third-order valence-electron chi connectivity index (χ3n) is 4.17. The van der Waals surface area contributed by atoms with Crippen LogP contribution < -0.4 is 5.11 Å². The first-order chi connectivity index (χ1) is 12.8. The fourth-order valence-corrected chi connectivity index (χ4v) is 4.17. The van der Waals surface area contributed by atoms with Gasteiger partial charge in [0.05, 0.1) is 22.8 Å². The van der Waals surface area contributed by atoms with E-state index in [2.05, 4.69) is 4.40 Å². The molecule has 0 aromatic heterocycles. The molecule has 2 aliphatic rings. The smallest absolute Gasteiger partial charge is 0.282 e. The van der Waals surface area contributed by atoms with E-state index in [1.165, 1.54) is 30.3 Å². The first-order valence-corrected chi connectivity index (χ1v) is 10.4. The zero-order chi connectivity index (χ0) is 19.6. The van der Waals surface area contributed by atoms with Gasteiger partial charge in [-0.05, 0) is 50.1 Å². The molecule has 8 heteroatoms. The van der Waals surface area contributed by atoms with Gasteiger partial charge < -0.3 is 14.7 Å². The lowest BCUT2D eigenvalue weighted by atomic mass is 10.1. The van der Waals surface area contributed by atoms with Gasteiger partial charge in [-0.15, -0.1) is 0 Å². The van der Waals surface area contributed by atoms with Crippen LogP contribution >= 0.6 is 11.6 Å². The molecule has 3 rings (SSSR count). The minimum atomic E-state index is -3.97. The van der Waals surface area contributed by atoms with E-state index in [4.69, 9.17) is 16.3 Å². The summed E-state index contributed by atoms with van der Waals surface area (Å²) in [4.78, 5) is 1.69. The molecule has 0 unspecified atom stereocenters. The molecule has 0 spiro atoms. The van der Waals surface area contributed by atoms with Crippen LogP contribution in [0.25, 0.3) is 0 Å². The molecule has 1 heterocycles. The minimum absolute atomic E-state index is 0.0165. The molecular weight excluding hydrogens is 388 g/mol. The van der Waals surface area contributed by atoms with Gasteiger partial charge in [0.25, 0.3) is 10.0 Å². The van der Waals surface area contributed by atoms with Crippen molar-refractivity contribution in [3.05, 3.63) is 65.0 Å². The molecule has 0 amide bonds. The normalized spacial score (nSPS) is 26.5.